The second kappa shape index (κ2) is 5.36. The van der Waals surface area contributed by atoms with Gasteiger partial charge in [-0.25, -0.2) is 0 Å². The largest absolute Gasteiger partial charge is 0.372 e. The Bertz CT molecular complexity index is 592. The van der Waals surface area contributed by atoms with Crippen molar-refractivity contribution in [1.82, 2.24) is 0 Å². The fourth-order valence-corrected chi connectivity index (χ4v) is 2.86. The molecule has 1 atom stereocenters. The van der Waals surface area contributed by atoms with E-state index < -0.39 is 0 Å². The highest BCUT2D eigenvalue weighted by atomic mass is 35.5. The van der Waals surface area contributed by atoms with Gasteiger partial charge in [-0.15, -0.1) is 11.6 Å². The van der Waals surface area contributed by atoms with E-state index in [2.05, 4.69) is 49.4 Å². The molecule has 0 aromatic heterocycles. The molecule has 1 aliphatic rings. The highest BCUT2D eigenvalue weighted by Gasteiger charge is 2.15. The lowest BCUT2D eigenvalue weighted by Crippen LogP contribution is -1.97. The van der Waals surface area contributed by atoms with Crippen molar-refractivity contribution in [3.8, 4) is 0 Å². The van der Waals surface area contributed by atoms with Crippen molar-refractivity contribution in [1.29, 1.82) is 0 Å². The van der Waals surface area contributed by atoms with Crippen LogP contribution in [0.25, 0.3) is 0 Å². The number of benzene rings is 2. The van der Waals surface area contributed by atoms with Crippen LogP contribution in [0, 0.1) is 6.92 Å². The number of hydrogen-bond donors (Lipinski definition) is 0. The lowest BCUT2D eigenvalue weighted by atomic mass is 9.99. The molecule has 1 nitrogen and oxygen atoms in total. The van der Waals surface area contributed by atoms with E-state index in [1.165, 1.54) is 27.8 Å². The third-order valence-electron chi connectivity index (χ3n) is 3.60. The van der Waals surface area contributed by atoms with E-state index in [0.717, 1.165) is 19.6 Å². The summed E-state index contributed by atoms with van der Waals surface area (Å²) in [6.07, 6.45) is 0.864. The Hall–Kier alpha value is -1.31. The molecule has 0 spiro atoms. The topological polar surface area (TPSA) is 9.23 Å². The Labute approximate surface area is 119 Å². The Morgan fingerprint density at radius 1 is 1.11 bits per heavy atom. The number of aryl methyl sites for hydroxylation is 1. The van der Waals surface area contributed by atoms with Crippen LogP contribution in [0.15, 0.2) is 42.5 Å². The summed E-state index contributed by atoms with van der Waals surface area (Å²) in [6, 6.07) is 15.0. The molecular weight excluding hydrogens is 256 g/mol. The van der Waals surface area contributed by atoms with E-state index in [4.69, 9.17) is 16.3 Å². The van der Waals surface area contributed by atoms with Gasteiger partial charge in [0, 0.05) is 0 Å². The first-order valence-corrected chi connectivity index (χ1v) is 7.05. The predicted molar refractivity (Wildman–Crippen MR) is 78.4 cm³/mol. The Balaban J connectivity index is 1.78. The maximum atomic E-state index is 6.55. The summed E-state index contributed by atoms with van der Waals surface area (Å²) < 4.78 is 5.44. The van der Waals surface area contributed by atoms with Crippen LogP contribution in [0.3, 0.4) is 0 Å². The molecule has 0 bridgehead atoms. The van der Waals surface area contributed by atoms with Gasteiger partial charge in [0.25, 0.3) is 0 Å². The minimum atomic E-state index is 0.0210. The summed E-state index contributed by atoms with van der Waals surface area (Å²) in [4.78, 5) is 0. The molecule has 0 fully saturated rings. The first-order valence-electron chi connectivity index (χ1n) is 6.61. The summed E-state index contributed by atoms with van der Waals surface area (Å²) in [5, 5.41) is 0.0210. The normalized spacial score (nSPS) is 15.3. The van der Waals surface area contributed by atoms with Crippen LogP contribution >= 0.6 is 11.6 Å². The SMILES string of the molecule is Cc1cccc(CC(Cl)c2ccc3c(c2)COC3)c1. The third kappa shape index (κ3) is 2.83. The molecular formula is C17H17ClO. The molecule has 2 heteroatoms. The highest BCUT2D eigenvalue weighted by molar-refractivity contribution is 6.20. The van der Waals surface area contributed by atoms with Gasteiger partial charge in [0.15, 0.2) is 0 Å². The minimum absolute atomic E-state index is 0.0210. The maximum Gasteiger partial charge on any atom is 0.0725 e. The van der Waals surface area contributed by atoms with E-state index in [1.54, 1.807) is 0 Å². The molecule has 1 heterocycles. The lowest BCUT2D eigenvalue weighted by Gasteiger charge is -2.12. The van der Waals surface area contributed by atoms with Gasteiger partial charge >= 0.3 is 0 Å². The molecule has 1 unspecified atom stereocenters. The zero-order valence-corrected chi connectivity index (χ0v) is 11.8. The van der Waals surface area contributed by atoms with Crippen molar-refractivity contribution >= 4 is 11.6 Å². The van der Waals surface area contributed by atoms with Gasteiger partial charge in [-0.05, 0) is 35.6 Å². The standard InChI is InChI=1S/C17H17ClO/c1-12-3-2-4-13(7-12)8-17(18)14-5-6-15-10-19-11-16(15)9-14/h2-7,9,17H,8,10-11H2,1H3. The fourth-order valence-electron chi connectivity index (χ4n) is 2.55. The number of halogens is 1. The molecule has 0 radical (unpaired) electrons. The molecule has 0 saturated heterocycles. The van der Waals surface area contributed by atoms with Gasteiger partial charge in [-0.1, -0.05) is 48.0 Å². The summed E-state index contributed by atoms with van der Waals surface area (Å²) in [5.41, 5.74) is 6.34. The molecule has 0 N–H and O–H groups in total. The Kier molecular flexibility index (Phi) is 3.58. The van der Waals surface area contributed by atoms with E-state index in [-0.39, 0.29) is 5.38 Å². The van der Waals surface area contributed by atoms with E-state index in [0.29, 0.717) is 0 Å². The molecule has 2 aromatic rings. The summed E-state index contributed by atoms with van der Waals surface area (Å²) >= 11 is 6.55. The van der Waals surface area contributed by atoms with Gasteiger partial charge in [-0.3, -0.25) is 0 Å². The van der Waals surface area contributed by atoms with Crippen molar-refractivity contribution in [2.45, 2.75) is 31.9 Å². The average molecular weight is 273 g/mol. The smallest absolute Gasteiger partial charge is 0.0725 e. The zero-order valence-electron chi connectivity index (χ0n) is 11.0. The molecule has 0 saturated carbocycles. The van der Waals surface area contributed by atoms with Crippen LogP contribution in [-0.2, 0) is 24.4 Å². The Morgan fingerprint density at radius 3 is 2.79 bits per heavy atom. The third-order valence-corrected chi connectivity index (χ3v) is 4.01. The van der Waals surface area contributed by atoms with E-state index in [1.807, 2.05) is 0 Å². The van der Waals surface area contributed by atoms with Gasteiger partial charge in [-0.2, -0.15) is 0 Å². The monoisotopic (exact) mass is 272 g/mol. The van der Waals surface area contributed by atoms with E-state index in [9.17, 15) is 0 Å². The highest BCUT2D eigenvalue weighted by Crippen LogP contribution is 2.29. The molecule has 0 amide bonds. The first-order chi connectivity index (χ1) is 9.22. The number of ether oxygens (including phenoxy) is 1. The van der Waals surface area contributed by atoms with Gasteiger partial charge in [0.1, 0.15) is 0 Å². The number of alkyl halides is 1. The fraction of sp³-hybridized carbons (Fsp3) is 0.294. The van der Waals surface area contributed by atoms with Crippen LogP contribution in [0.2, 0.25) is 0 Å². The van der Waals surface area contributed by atoms with Crippen LogP contribution in [0.5, 0.6) is 0 Å². The van der Waals surface area contributed by atoms with Crippen molar-refractivity contribution < 1.29 is 4.74 Å². The zero-order chi connectivity index (χ0) is 13.2. The second-order valence-corrected chi connectivity index (χ2v) is 5.71. The Morgan fingerprint density at radius 2 is 1.95 bits per heavy atom. The molecule has 98 valence electrons. The van der Waals surface area contributed by atoms with E-state index >= 15 is 0 Å². The summed E-state index contributed by atoms with van der Waals surface area (Å²) in [7, 11) is 0. The first kappa shape index (κ1) is 12.7. The number of hydrogen-bond acceptors (Lipinski definition) is 1. The second-order valence-electron chi connectivity index (χ2n) is 5.18. The van der Waals surface area contributed by atoms with Crippen molar-refractivity contribution in [3.63, 3.8) is 0 Å². The quantitative estimate of drug-likeness (QED) is 0.745. The van der Waals surface area contributed by atoms with Crippen molar-refractivity contribution in [2.24, 2.45) is 0 Å². The molecule has 2 aromatic carbocycles. The summed E-state index contributed by atoms with van der Waals surface area (Å²) in [5.74, 6) is 0. The molecule has 0 aliphatic carbocycles. The lowest BCUT2D eigenvalue weighted by molar-refractivity contribution is 0.134. The van der Waals surface area contributed by atoms with Gasteiger partial charge in [0.05, 0.1) is 18.6 Å². The van der Waals surface area contributed by atoms with Gasteiger partial charge in [0.2, 0.25) is 0 Å². The van der Waals surface area contributed by atoms with Crippen LogP contribution in [0.4, 0.5) is 0 Å². The molecule has 19 heavy (non-hydrogen) atoms. The van der Waals surface area contributed by atoms with Crippen LogP contribution < -0.4 is 0 Å². The minimum Gasteiger partial charge on any atom is -0.372 e. The molecule has 3 rings (SSSR count). The average Bonchev–Trinajstić information content (AvgIpc) is 2.85. The maximum absolute atomic E-state index is 6.55. The number of rotatable bonds is 3. The number of fused-ring (bicyclic) bond motifs is 1. The van der Waals surface area contributed by atoms with Crippen LogP contribution in [-0.4, -0.2) is 0 Å². The summed E-state index contributed by atoms with van der Waals surface area (Å²) in [6.45, 7) is 3.57. The molecule has 1 aliphatic heterocycles. The predicted octanol–water partition coefficient (Wildman–Crippen LogP) is 4.55. The van der Waals surface area contributed by atoms with Crippen molar-refractivity contribution in [3.05, 3.63) is 70.3 Å². The van der Waals surface area contributed by atoms with Crippen LogP contribution in [0.1, 0.15) is 33.2 Å². The van der Waals surface area contributed by atoms with Crippen molar-refractivity contribution in [2.75, 3.05) is 0 Å². The van der Waals surface area contributed by atoms with Gasteiger partial charge < -0.3 is 4.74 Å².